The van der Waals surface area contributed by atoms with Gasteiger partial charge in [0.2, 0.25) is 5.95 Å². The molecule has 0 saturated heterocycles. The summed E-state index contributed by atoms with van der Waals surface area (Å²) in [7, 11) is 3.18. The second-order valence-corrected chi connectivity index (χ2v) is 5.15. The van der Waals surface area contributed by atoms with Gasteiger partial charge in [-0.1, -0.05) is 6.07 Å². The molecule has 1 N–H and O–H groups in total. The average molecular weight is 302 g/mol. The molecule has 108 valence electrons. The summed E-state index contributed by atoms with van der Waals surface area (Å²) in [5, 5.41) is 4.47. The fourth-order valence-electron chi connectivity index (χ4n) is 1.60. The van der Waals surface area contributed by atoms with Crippen LogP contribution in [0.4, 0.5) is 24.9 Å². The molecule has 0 unspecified atom stereocenters. The van der Waals surface area contributed by atoms with E-state index in [1.807, 2.05) is 17.5 Å². The second-order valence-electron chi connectivity index (χ2n) is 4.12. The van der Waals surface area contributed by atoms with Gasteiger partial charge in [0.05, 0.1) is 6.54 Å². The van der Waals surface area contributed by atoms with Crippen molar-refractivity contribution in [1.82, 2.24) is 9.97 Å². The number of halogens is 3. The number of aromatic nitrogens is 2. The number of rotatable bonds is 4. The Hall–Kier alpha value is -1.83. The van der Waals surface area contributed by atoms with E-state index in [4.69, 9.17) is 0 Å². The third kappa shape index (κ3) is 3.38. The third-order valence-corrected chi connectivity index (χ3v) is 3.45. The van der Waals surface area contributed by atoms with Crippen molar-refractivity contribution >= 4 is 23.1 Å². The summed E-state index contributed by atoms with van der Waals surface area (Å²) in [5.41, 5.74) is -0.954. The van der Waals surface area contributed by atoms with Crippen LogP contribution < -0.4 is 10.2 Å². The molecule has 2 heterocycles. The Morgan fingerprint density at radius 2 is 2.10 bits per heavy atom. The van der Waals surface area contributed by atoms with Gasteiger partial charge in [0, 0.05) is 25.0 Å². The van der Waals surface area contributed by atoms with Gasteiger partial charge in [-0.3, -0.25) is 0 Å². The quantitative estimate of drug-likeness (QED) is 0.941. The summed E-state index contributed by atoms with van der Waals surface area (Å²) in [6.07, 6.45) is -4.49. The number of alkyl halides is 3. The van der Waals surface area contributed by atoms with E-state index in [-0.39, 0.29) is 11.8 Å². The number of anilines is 2. The molecule has 2 aromatic rings. The molecular formula is C12H13F3N4S. The zero-order chi connectivity index (χ0) is 14.8. The maximum absolute atomic E-state index is 12.8. The Kier molecular flexibility index (Phi) is 4.12. The zero-order valence-corrected chi connectivity index (χ0v) is 11.7. The molecule has 8 heteroatoms. The van der Waals surface area contributed by atoms with Crippen molar-refractivity contribution in [1.29, 1.82) is 0 Å². The molecule has 0 aromatic carbocycles. The molecule has 0 spiro atoms. The number of hydrogen-bond acceptors (Lipinski definition) is 5. The van der Waals surface area contributed by atoms with Crippen LogP contribution in [-0.4, -0.2) is 24.1 Å². The Bertz CT molecular complexity index is 569. The highest BCUT2D eigenvalue weighted by atomic mass is 32.1. The third-order valence-electron chi connectivity index (χ3n) is 2.59. The lowest BCUT2D eigenvalue weighted by Crippen LogP contribution is -2.20. The predicted molar refractivity (Wildman–Crippen MR) is 73.0 cm³/mol. The molecule has 0 saturated carbocycles. The number of hydrogen-bond donors (Lipinski definition) is 1. The van der Waals surface area contributed by atoms with Crippen LogP contribution in [0.15, 0.2) is 23.6 Å². The van der Waals surface area contributed by atoms with Crippen LogP contribution >= 0.6 is 11.3 Å². The topological polar surface area (TPSA) is 41.1 Å². The minimum absolute atomic E-state index is 0.0483. The highest BCUT2D eigenvalue weighted by molar-refractivity contribution is 7.09. The first-order valence-corrected chi connectivity index (χ1v) is 6.65. The Balaban J connectivity index is 2.30. The highest BCUT2D eigenvalue weighted by Crippen LogP contribution is 2.30. The summed E-state index contributed by atoms with van der Waals surface area (Å²) in [6.45, 7) is 0.495. The minimum Gasteiger partial charge on any atom is -0.357 e. The van der Waals surface area contributed by atoms with Gasteiger partial charge >= 0.3 is 6.18 Å². The summed E-state index contributed by atoms with van der Waals surface area (Å²) >= 11 is 1.54. The molecule has 0 atom stereocenters. The van der Waals surface area contributed by atoms with Crippen LogP contribution in [0.5, 0.6) is 0 Å². The monoisotopic (exact) mass is 302 g/mol. The van der Waals surface area contributed by atoms with E-state index in [9.17, 15) is 13.2 Å². The number of nitrogens with zero attached hydrogens (tertiary/aromatic N) is 3. The zero-order valence-electron chi connectivity index (χ0n) is 10.9. The van der Waals surface area contributed by atoms with Crippen molar-refractivity contribution in [2.75, 3.05) is 24.3 Å². The molecule has 2 aromatic heterocycles. The maximum atomic E-state index is 12.8. The van der Waals surface area contributed by atoms with Gasteiger partial charge in [0.25, 0.3) is 0 Å². The lowest BCUT2D eigenvalue weighted by atomic mass is 10.3. The standard InChI is InChI=1S/C12H13F3N4S/c1-16-11-17-9(12(13,14)15)6-10(18-11)19(2)7-8-4-3-5-20-8/h3-6H,7H2,1-2H3,(H,16,17,18). The highest BCUT2D eigenvalue weighted by Gasteiger charge is 2.34. The van der Waals surface area contributed by atoms with Gasteiger partial charge in [0.1, 0.15) is 5.82 Å². The first kappa shape index (κ1) is 14.6. The molecular weight excluding hydrogens is 289 g/mol. The van der Waals surface area contributed by atoms with E-state index >= 15 is 0 Å². The second kappa shape index (κ2) is 5.66. The van der Waals surface area contributed by atoms with Crippen LogP contribution in [0, 0.1) is 0 Å². The molecule has 0 bridgehead atoms. The van der Waals surface area contributed by atoms with Crippen LogP contribution in [0.2, 0.25) is 0 Å². The SMILES string of the molecule is CNc1nc(N(C)Cc2cccs2)cc(C(F)(F)F)n1. The summed E-state index contributed by atoms with van der Waals surface area (Å²) in [4.78, 5) is 10.2. The summed E-state index contributed by atoms with van der Waals surface area (Å²) < 4.78 is 38.4. The van der Waals surface area contributed by atoms with Crippen LogP contribution in [0.1, 0.15) is 10.6 Å². The molecule has 0 aliphatic heterocycles. The molecule has 20 heavy (non-hydrogen) atoms. The summed E-state index contributed by atoms with van der Waals surface area (Å²) in [6, 6.07) is 4.77. The van der Waals surface area contributed by atoms with E-state index in [1.165, 1.54) is 7.05 Å². The fraction of sp³-hybridized carbons (Fsp3) is 0.333. The molecule has 0 fully saturated rings. The molecule has 0 radical (unpaired) electrons. The van der Waals surface area contributed by atoms with Crippen LogP contribution in [0.3, 0.4) is 0 Å². The first-order chi connectivity index (χ1) is 9.40. The van der Waals surface area contributed by atoms with Crippen molar-refractivity contribution in [3.63, 3.8) is 0 Å². The first-order valence-electron chi connectivity index (χ1n) is 5.77. The Morgan fingerprint density at radius 1 is 1.35 bits per heavy atom. The molecule has 4 nitrogen and oxygen atoms in total. The van der Waals surface area contributed by atoms with Gasteiger partial charge in [-0.15, -0.1) is 11.3 Å². The van der Waals surface area contributed by atoms with Crippen LogP contribution in [0.25, 0.3) is 0 Å². The molecule has 0 aliphatic rings. The largest absolute Gasteiger partial charge is 0.433 e. The van der Waals surface area contributed by atoms with Gasteiger partial charge in [-0.2, -0.15) is 18.2 Å². The van der Waals surface area contributed by atoms with Crippen molar-refractivity contribution < 1.29 is 13.2 Å². The van der Waals surface area contributed by atoms with E-state index in [2.05, 4.69) is 15.3 Å². The van der Waals surface area contributed by atoms with Gasteiger partial charge in [-0.25, -0.2) is 4.98 Å². The fourth-order valence-corrected chi connectivity index (χ4v) is 2.36. The number of thiophene rings is 1. The normalized spacial score (nSPS) is 11.4. The van der Waals surface area contributed by atoms with Gasteiger partial charge < -0.3 is 10.2 Å². The lowest BCUT2D eigenvalue weighted by Gasteiger charge is -2.19. The van der Waals surface area contributed by atoms with E-state index < -0.39 is 11.9 Å². The van der Waals surface area contributed by atoms with E-state index in [0.29, 0.717) is 6.54 Å². The minimum atomic E-state index is -4.49. The maximum Gasteiger partial charge on any atom is 0.433 e. The van der Waals surface area contributed by atoms with Gasteiger partial charge in [0.15, 0.2) is 5.69 Å². The van der Waals surface area contributed by atoms with Crippen molar-refractivity contribution in [2.45, 2.75) is 12.7 Å². The van der Waals surface area contributed by atoms with E-state index in [0.717, 1.165) is 10.9 Å². The smallest absolute Gasteiger partial charge is 0.357 e. The number of nitrogens with one attached hydrogen (secondary N) is 1. The molecule has 0 aliphatic carbocycles. The van der Waals surface area contributed by atoms with Gasteiger partial charge in [-0.05, 0) is 11.4 Å². The molecule has 2 rings (SSSR count). The Labute approximate surface area is 118 Å². The predicted octanol–water partition coefficient (Wildman–Crippen LogP) is 3.24. The average Bonchev–Trinajstić information content (AvgIpc) is 2.90. The Morgan fingerprint density at radius 3 is 2.65 bits per heavy atom. The van der Waals surface area contributed by atoms with Crippen molar-refractivity contribution in [3.05, 3.63) is 34.2 Å². The summed E-state index contributed by atoms with van der Waals surface area (Å²) in [5.74, 6) is 0.179. The van der Waals surface area contributed by atoms with Crippen molar-refractivity contribution in [2.24, 2.45) is 0 Å². The van der Waals surface area contributed by atoms with Crippen molar-refractivity contribution in [3.8, 4) is 0 Å². The lowest BCUT2D eigenvalue weighted by molar-refractivity contribution is -0.141. The van der Waals surface area contributed by atoms with Crippen LogP contribution in [-0.2, 0) is 12.7 Å². The van der Waals surface area contributed by atoms with E-state index in [1.54, 1.807) is 23.3 Å². The molecule has 0 amide bonds.